The molecule has 2 N–H and O–H groups in total. The first-order chi connectivity index (χ1) is 9.08. The van der Waals surface area contributed by atoms with E-state index in [4.69, 9.17) is 0 Å². The lowest BCUT2D eigenvalue weighted by atomic mass is 9.99. The summed E-state index contributed by atoms with van der Waals surface area (Å²) in [4.78, 5) is 14.1. The van der Waals surface area contributed by atoms with E-state index >= 15 is 0 Å². The molecule has 0 aliphatic carbocycles. The van der Waals surface area contributed by atoms with Gasteiger partial charge >= 0.3 is 0 Å². The number of piperidine rings is 1. The fourth-order valence-corrected chi connectivity index (χ4v) is 2.38. The minimum atomic E-state index is 0.167. The van der Waals surface area contributed by atoms with E-state index in [1.165, 1.54) is 25.9 Å². The highest BCUT2D eigenvalue weighted by molar-refractivity contribution is 5.75. The molecular formula is C15H31N3O. The molecule has 0 spiro atoms. The molecule has 0 atom stereocenters. The second kappa shape index (κ2) is 9.32. The molecule has 0 aromatic carbocycles. The van der Waals surface area contributed by atoms with Crippen molar-refractivity contribution in [1.82, 2.24) is 15.5 Å². The van der Waals surface area contributed by atoms with Crippen LogP contribution >= 0.6 is 0 Å². The highest BCUT2D eigenvalue weighted by atomic mass is 16.1. The van der Waals surface area contributed by atoms with Gasteiger partial charge in [0.25, 0.3) is 0 Å². The second-order valence-electron chi connectivity index (χ2n) is 6.09. The molecule has 112 valence electrons. The van der Waals surface area contributed by atoms with E-state index in [0.29, 0.717) is 12.5 Å². The Kier molecular flexibility index (Phi) is 8.07. The van der Waals surface area contributed by atoms with E-state index < -0.39 is 0 Å². The largest absolute Gasteiger partial charge is 0.356 e. The Morgan fingerprint density at radius 1 is 1.26 bits per heavy atom. The number of hydrogen-bond acceptors (Lipinski definition) is 3. The molecule has 0 bridgehead atoms. The topological polar surface area (TPSA) is 44.4 Å². The molecule has 1 amide bonds. The molecule has 19 heavy (non-hydrogen) atoms. The van der Waals surface area contributed by atoms with Gasteiger partial charge in [-0.1, -0.05) is 20.8 Å². The van der Waals surface area contributed by atoms with Gasteiger partial charge in [0.2, 0.25) is 5.91 Å². The number of likely N-dealkylation sites (tertiary alicyclic amines) is 1. The van der Waals surface area contributed by atoms with Crippen molar-refractivity contribution in [2.24, 2.45) is 5.92 Å². The minimum Gasteiger partial charge on any atom is -0.356 e. The number of amides is 1. The number of carbonyl (C=O) groups excluding carboxylic acids is 1. The summed E-state index contributed by atoms with van der Waals surface area (Å²) in [5.41, 5.74) is 0. The molecule has 0 unspecified atom stereocenters. The van der Waals surface area contributed by atoms with E-state index in [1.54, 1.807) is 0 Å². The Labute approximate surface area is 118 Å². The van der Waals surface area contributed by atoms with Crippen molar-refractivity contribution in [2.45, 2.75) is 52.5 Å². The molecule has 1 fully saturated rings. The monoisotopic (exact) mass is 269 g/mol. The van der Waals surface area contributed by atoms with E-state index in [-0.39, 0.29) is 5.91 Å². The van der Waals surface area contributed by atoms with Crippen LogP contribution in [-0.4, -0.2) is 49.6 Å². The Morgan fingerprint density at radius 3 is 2.58 bits per heavy atom. The maximum Gasteiger partial charge on any atom is 0.221 e. The fourth-order valence-electron chi connectivity index (χ4n) is 2.38. The summed E-state index contributed by atoms with van der Waals surface area (Å²) < 4.78 is 0. The average molecular weight is 269 g/mol. The van der Waals surface area contributed by atoms with Crippen molar-refractivity contribution < 1.29 is 4.79 Å². The molecule has 4 heteroatoms. The van der Waals surface area contributed by atoms with Gasteiger partial charge in [-0.3, -0.25) is 4.79 Å². The molecule has 4 nitrogen and oxygen atoms in total. The fraction of sp³-hybridized carbons (Fsp3) is 0.933. The number of nitrogens with zero attached hydrogens (tertiary/aromatic N) is 1. The van der Waals surface area contributed by atoms with Gasteiger partial charge in [0.15, 0.2) is 0 Å². The zero-order valence-corrected chi connectivity index (χ0v) is 12.9. The summed E-state index contributed by atoms with van der Waals surface area (Å²) in [7, 11) is 0. The zero-order valence-electron chi connectivity index (χ0n) is 12.9. The first kappa shape index (κ1) is 16.4. The lowest BCUT2D eigenvalue weighted by molar-refractivity contribution is -0.121. The van der Waals surface area contributed by atoms with Crippen molar-refractivity contribution in [1.29, 1.82) is 0 Å². The predicted octanol–water partition coefficient (Wildman–Crippen LogP) is 1.61. The third-order valence-electron chi connectivity index (χ3n) is 3.75. The van der Waals surface area contributed by atoms with Gasteiger partial charge in [-0.05, 0) is 44.8 Å². The summed E-state index contributed by atoms with van der Waals surface area (Å²) in [6, 6.07) is 0.453. The van der Waals surface area contributed by atoms with Crippen LogP contribution in [0.5, 0.6) is 0 Å². The first-order valence-electron chi connectivity index (χ1n) is 7.80. The molecule has 0 aromatic rings. The quantitative estimate of drug-likeness (QED) is 0.658. The van der Waals surface area contributed by atoms with Crippen LogP contribution in [-0.2, 0) is 4.79 Å². The van der Waals surface area contributed by atoms with Gasteiger partial charge in [-0.15, -0.1) is 0 Å². The zero-order chi connectivity index (χ0) is 14.1. The first-order valence-corrected chi connectivity index (χ1v) is 7.80. The molecule has 0 aromatic heterocycles. The lowest BCUT2D eigenvalue weighted by Gasteiger charge is -2.30. The molecule has 0 saturated carbocycles. The summed E-state index contributed by atoms with van der Waals surface area (Å²) in [5.74, 6) is 1.06. The standard InChI is InChI=1S/C15H31N3O/c1-13(2)16-9-5-15(19)17-8-4-10-18-11-6-14(3)7-12-18/h13-14,16H,4-12H2,1-3H3,(H,17,19). The lowest BCUT2D eigenvalue weighted by Crippen LogP contribution is -2.36. The van der Waals surface area contributed by atoms with E-state index in [2.05, 4.69) is 36.3 Å². The Morgan fingerprint density at radius 2 is 1.95 bits per heavy atom. The third kappa shape index (κ3) is 8.22. The van der Waals surface area contributed by atoms with Crippen molar-refractivity contribution in [3.05, 3.63) is 0 Å². The van der Waals surface area contributed by atoms with Crippen LogP contribution in [0.4, 0.5) is 0 Å². The number of nitrogens with one attached hydrogen (secondary N) is 2. The molecule has 1 rings (SSSR count). The van der Waals surface area contributed by atoms with Gasteiger partial charge in [-0.25, -0.2) is 0 Å². The Balaban J connectivity index is 1.94. The molecule has 1 saturated heterocycles. The minimum absolute atomic E-state index is 0.167. The van der Waals surface area contributed by atoms with Crippen molar-refractivity contribution in [3.8, 4) is 0 Å². The summed E-state index contributed by atoms with van der Waals surface area (Å²) in [6.07, 6.45) is 4.30. The highest BCUT2D eigenvalue weighted by Crippen LogP contribution is 2.15. The van der Waals surface area contributed by atoms with E-state index in [1.807, 2.05) is 0 Å². The van der Waals surface area contributed by atoms with Gasteiger partial charge in [-0.2, -0.15) is 0 Å². The number of rotatable bonds is 8. The predicted molar refractivity (Wildman–Crippen MR) is 80.2 cm³/mol. The van der Waals surface area contributed by atoms with E-state index in [0.717, 1.165) is 32.0 Å². The van der Waals surface area contributed by atoms with Crippen LogP contribution in [0.3, 0.4) is 0 Å². The van der Waals surface area contributed by atoms with Crippen LogP contribution in [0.25, 0.3) is 0 Å². The van der Waals surface area contributed by atoms with Crippen molar-refractivity contribution in [2.75, 3.05) is 32.7 Å². The van der Waals surface area contributed by atoms with Gasteiger partial charge in [0.1, 0.15) is 0 Å². The van der Waals surface area contributed by atoms with Crippen LogP contribution in [0, 0.1) is 5.92 Å². The maximum atomic E-state index is 11.6. The highest BCUT2D eigenvalue weighted by Gasteiger charge is 2.14. The average Bonchev–Trinajstić information content (AvgIpc) is 2.36. The Hall–Kier alpha value is -0.610. The molecule has 1 heterocycles. The van der Waals surface area contributed by atoms with Gasteiger partial charge in [0, 0.05) is 25.6 Å². The maximum absolute atomic E-state index is 11.6. The third-order valence-corrected chi connectivity index (χ3v) is 3.75. The smallest absolute Gasteiger partial charge is 0.221 e. The number of carbonyl (C=O) groups is 1. The van der Waals surface area contributed by atoms with Crippen LogP contribution in [0.2, 0.25) is 0 Å². The Bertz CT molecular complexity index is 248. The van der Waals surface area contributed by atoms with Crippen molar-refractivity contribution in [3.63, 3.8) is 0 Å². The molecular weight excluding hydrogens is 238 g/mol. The summed E-state index contributed by atoms with van der Waals surface area (Å²) in [6.45, 7) is 11.7. The molecule has 1 aliphatic heterocycles. The normalized spacial score (nSPS) is 17.9. The molecule has 1 aliphatic rings. The van der Waals surface area contributed by atoms with Gasteiger partial charge < -0.3 is 15.5 Å². The molecule has 0 radical (unpaired) electrons. The van der Waals surface area contributed by atoms with Crippen LogP contribution < -0.4 is 10.6 Å². The summed E-state index contributed by atoms with van der Waals surface area (Å²) >= 11 is 0. The number of hydrogen-bond donors (Lipinski definition) is 2. The van der Waals surface area contributed by atoms with Crippen LogP contribution in [0.1, 0.15) is 46.5 Å². The summed E-state index contributed by atoms with van der Waals surface area (Å²) in [5, 5.41) is 6.25. The SMILES string of the molecule is CC1CCN(CCCNC(=O)CCNC(C)C)CC1. The van der Waals surface area contributed by atoms with Crippen LogP contribution in [0.15, 0.2) is 0 Å². The van der Waals surface area contributed by atoms with Gasteiger partial charge in [0.05, 0.1) is 0 Å². The van der Waals surface area contributed by atoms with E-state index in [9.17, 15) is 4.79 Å². The second-order valence-corrected chi connectivity index (χ2v) is 6.09. The van der Waals surface area contributed by atoms with Crippen molar-refractivity contribution >= 4 is 5.91 Å².